The van der Waals surface area contributed by atoms with Gasteiger partial charge in [0.15, 0.2) is 0 Å². The second-order valence-electron chi connectivity index (χ2n) is 7.65. The normalized spacial score (nSPS) is 18.5. The summed E-state index contributed by atoms with van der Waals surface area (Å²) in [7, 11) is 0. The van der Waals surface area contributed by atoms with Crippen molar-refractivity contribution in [2.45, 2.75) is 45.6 Å². The summed E-state index contributed by atoms with van der Waals surface area (Å²) in [4.78, 5) is 17.0. The number of aliphatic imine (C=N–C) groups is 1. The smallest absolute Gasteiger partial charge is 0.203 e. The van der Waals surface area contributed by atoms with Gasteiger partial charge in [-0.3, -0.25) is 14.5 Å². The first kappa shape index (κ1) is 20.9. The minimum absolute atomic E-state index is 0.0152. The Bertz CT molecular complexity index is 1090. The average Bonchev–Trinajstić information content (AvgIpc) is 3.25. The number of aromatic nitrogens is 4. The number of hydrazone groups is 1. The van der Waals surface area contributed by atoms with E-state index >= 15 is 0 Å². The third-order valence-corrected chi connectivity index (χ3v) is 5.25. The van der Waals surface area contributed by atoms with Gasteiger partial charge in [0, 0.05) is 25.2 Å². The maximum absolute atomic E-state index is 12.4. The predicted octanol–water partition coefficient (Wildman–Crippen LogP) is 2.07. The van der Waals surface area contributed by atoms with Crippen molar-refractivity contribution in [1.29, 1.82) is 0 Å². The van der Waals surface area contributed by atoms with Crippen LogP contribution in [0.25, 0.3) is 5.69 Å². The van der Waals surface area contributed by atoms with Gasteiger partial charge in [0.25, 0.3) is 0 Å². The fraction of sp³-hybridized carbons (Fsp3) is 0.409. The summed E-state index contributed by atoms with van der Waals surface area (Å²) in [6.07, 6.45) is 15.3. The molecule has 0 fully saturated rings. The summed E-state index contributed by atoms with van der Waals surface area (Å²) < 4.78 is 3.30. The Labute approximate surface area is 180 Å². The van der Waals surface area contributed by atoms with Crippen LogP contribution in [0.3, 0.4) is 0 Å². The Balaban J connectivity index is 1.54. The predicted molar refractivity (Wildman–Crippen MR) is 119 cm³/mol. The number of nitrogens with zero attached hydrogens (tertiary/aromatic N) is 7. The van der Waals surface area contributed by atoms with E-state index in [9.17, 15) is 4.79 Å². The molecule has 9 heteroatoms. The van der Waals surface area contributed by atoms with Crippen LogP contribution in [0.15, 0.2) is 62.5 Å². The van der Waals surface area contributed by atoms with E-state index in [1.54, 1.807) is 34.3 Å². The number of hydrogen-bond acceptors (Lipinski definition) is 7. The Morgan fingerprint density at radius 3 is 2.90 bits per heavy atom. The molecule has 9 nitrogen and oxygen atoms in total. The van der Waals surface area contributed by atoms with Crippen LogP contribution in [-0.2, 0) is 13.0 Å². The third-order valence-electron chi connectivity index (χ3n) is 5.25. The second-order valence-corrected chi connectivity index (χ2v) is 7.65. The summed E-state index contributed by atoms with van der Waals surface area (Å²) in [5, 5.41) is 24.1. The van der Waals surface area contributed by atoms with Gasteiger partial charge in [-0.2, -0.15) is 15.3 Å². The lowest BCUT2D eigenvalue weighted by Crippen LogP contribution is -2.20. The molecule has 0 saturated heterocycles. The minimum Gasteiger partial charge on any atom is -0.394 e. The van der Waals surface area contributed by atoms with E-state index in [0.717, 1.165) is 49.2 Å². The van der Waals surface area contributed by atoms with Crippen molar-refractivity contribution in [1.82, 2.24) is 24.6 Å². The van der Waals surface area contributed by atoms with Gasteiger partial charge in [-0.05, 0) is 31.3 Å². The van der Waals surface area contributed by atoms with Crippen LogP contribution in [0.1, 0.15) is 38.3 Å². The molecule has 2 aliphatic rings. The van der Waals surface area contributed by atoms with Crippen LogP contribution in [0.2, 0.25) is 0 Å². The zero-order chi connectivity index (χ0) is 21.6. The van der Waals surface area contributed by atoms with Gasteiger partial charge in [-0.15, -0.1) is 0 Å². The molecule has 0 amide bonds. The molecule has 0 unspecified atom stereocenters. The van der Waals surface area contributed by atoms with E-state index < -0.39 is 0 Å². The number of hydrogen-bond donors (Lipinski definition) is 1. The monoisotopic (exact) mass is 421 g/mol. The zero-order valence-corrected chi connectivity index (χ0v) is 17.7. The fourth-order valence-electron chi connectivity index (χ4n) is 3.69. The van der Waals surface area contributed by atoms with Gasteiger partial charge in [-0.1, -0.05) is 18.6 Å². The molecular formula is C22H27N7O2. The van der Waals surface area contributed by atoms with E-state index in [2.05, 4.69) is 33.3 Å². The summed E-state index contributed by atoms with van der Waals surface area (Å²) in [5.41, 5.74) is 4.39. The highest BCUT2D eigenvalue weighted by Crippen LogP contribution is 2.27. The van der Waals surface area contributed by atoms with Crippen molar-refractivity contribution in [2.24, 2.45) is 10.1 Å². The molecular weight excluding hydrogens is 394 g/mol. The summed E-state index contributed by atoms with van der Waals surface area (Å²) in [6, 6.07) is 1.54. The molecule has 1 aliphatic carbocycles. The quantitative estimate of drug-likeness (QED) is 0.738. The lowest BCUT2D eigenvalue weighted by molar-refractivity contribution is 0.269. The molecule has 31 heavy (non-hydrogen) atoms. The molecule has 2 aromatic heterocycles. The van der Waals surface area contributed by atoms with E-state index in [4.69, 9.17) is 5.11 Å². The van der Waals surface area contributed by atoms with Crippen LogP contribution in [-0.4, -0.2) is 55.4 Å². The van der Waals surface area contributed by atoms with Crippen molar-refractivity contribution < 1.29 is 5.11 Å². The third kappa shape index (κ3) is 5.05. The standard InChI is InChI=1S/C22H27N7O2/c1-2-7-28-16-23-21(14-25-28)18-5-3-4-17(11-18)12-20-22(31)6-8-29(26-20)19-13-24-27(15-19)9-10-30/h6,8,11,13-16,30H,2-5,7,9-10,12H2,1H3/b21-18-. The van der Waals surface area contributed by atoms with Crippen LogP contribution >= 0.6 is 0 Å². The first-order valence-electron chi connectivity index (χ1n) is 10.7. The molecule has 1 N–H and O–H groups in total. The number of aliphatic hydroxyl groups is 1. The maximum atomic E-state index is 12.4. The molecule has 1 aliphatic heterocycles. The lowest BCUT2D eigenvalue weighted by Gasteiger charge is -2.19. The van der Waals surface area contributed by atoms with E-state index in [-0.39, 0.29) is 12.0 Å². The molecule has 162 valence electrons. The highest BCUT2D eigenvalue weighted by atomic mass is 16.3. The highest BCUT2D eigenvalue weighted by molar-refractivity contribution is 5.85. The second kappa shape index (κ2) is 9.65. The maximum Gasteiger partial charge on any atom is 0.203 e. The summed E-state index contributed by atoms with van der Waals surface area (Å²) >= 11 is 0. The van der Waals surface area contributed by atoms with Crippen LogP contribution in [0.4, 0.5) is 0 Å². The molecule has 0 spiro atoms. The van der Waals surface area contributed by atoms with Crippen LogP contribution in [0, 0.1) is 0 Å². The molecule has 0 radical (unpaired) electrons. The molecule has 3 heterocycles. The molecule has 2 aromatic rings. The Morgan fingerprint density at radius 2 is 2.13 bits per heavy atom. The van der Waals surface area contributed by atoms with Crippen molar-refractivity contribution in [2.75, 3.05) is 13.2 Å². The van der Waals surface area contributed by atoms with Gasteiger partial charge in [-0.25, -0.2) is 9.67 Å². The largest absolute Gasteiger partial charge is 0.394 e. The van der Waals surface area contributed by atoms with Crippen molar-refractivity contribution >= 4 is 12.6 Å². The van der Waals surface area contributed by atoms with Crippen LogP contribution in [0.5, 0.6) is 0 Å². The Kier molecular flexibility index (Phi) is 6.51. The molecule has 0 atom stereocenters. The van der Waals surface area contributed by atoms with Crippen molar-refractivity contribution in [3.8, 4) is 5.69 Å². The van der Waals surface area contributed by atoms with Gasteiger partial charge in [0.2, 0.25) is 5.43 Å². The van der Waals surface area contributed by atoms with Crippen LogP contribution < -0.4 is 5.43 Å². The Morgan fingerprint density at radius 1 is 1.23 bits per heavy atom. The lowest BCUT2D eigenvalue weighted by atomic mass is 9.91. The average molecular weight is 422 g/mol. The molecule has 4 rings (SSSR count). The Hall–Kier alpha value is -3.33. The highest BCUT2D eigenvalue weighted by Gasteiger charge is 2.15. The van der Waals surface area contributed by atoms with Gasteiger partial charge in [0.05, 0.1) is 37.5 Å². The van der Waals surface area contributed by atoms with Crippen molar-refractivity contribution in [3.05, 3.63) is 63.5 Å². The van der Waals surface area contributed by atoms with Crippen molar-refractivity contribution in [3.63, 3.8) is 0 Å². The summed E-state index contributed by atoms with van der Waals surface area (Å²) in [5.74, 6) is 0. The SMILES string of the molecule is CCCN1C=N/C(=C2\C=C(Cc3nn(-c4cnn(CCO)c4)ccc3=O)CCC2)C=N1. The topological polar surface area (TPSA) is 101 Å². The molecule has 0 bridgehead atoms. The number of rotatable bonds is 7. The van der Waals surface area contributed by atoms with E-state index in [1.807, 2.05) is 11.2 Å². The van der Waals surface area contributed by atoms with Gasteiger partial charge < -0.3 is 5.11 Å². The van der Waals surface area contributed by atoms with Gasteiger partial charge in [0.1, 0.15) is 17.7 Å². The number of allylic oxidation sites excluding steroid dienone is 4. The summed E-state index contributed by atoms with van der Waals surface area (Å²) in [6.45, 7) is 3.40. The minimum atomic E-state index is -0.0767. The van der Waals surface area contributed by atoms with E-state index in [1.165, 1.54) is 11.6 Å². The fourth-order valence-corrected chi connectivity index (χ4v) is 3.69. The molecule has 0 aromatic carbocycles. The molecule has 0 saturated carbocycles. The first-order chi connectivity index (χ1) is 15.2. The number of aliphatic hydroxyl groups excluding tert-OH is 1. The van der Waals surface area contributed by atoms with E-state index in [0.29, 0.717) is 18.7 Å². The zero-order valence-electron chi connectivity index (χ0n) is 17.7. The van der Waals surface area contributed by atoms with Gasteiger partial charge >= 0.3 is 0 Å². The first-order valence-corrected chi connectivity index (χ1v) is 10.7.